The van der Waals surface area contributed by atoms with Crippen LogP contribution in [-0.2, 0) is 6.42 Å². The van der Waals surface area contributed by atoms with Gasteiger partial charge in [-0.05, 0) is 25.9 Å². The molecule has 0 aliphatic heterocycles. The van der Waals surface area contributed by atoms with E-state index >= 15 is 0 Å². The summed E-state index contributed by atoms with van der Waals surface area (Å²) in [6.07, 6.45) is 3.68. The van der Waals surface area contributed by atoms with Crippen LogP contribution in [0.2, 0.25) is 0 Å². The molecule has 84 valence electrons. The van der Waals surface area contributed by atoms with Crippen LogP contribution in [0.3, 0.4) is 0 Å². The van der Waals surface area contributed by atoms with E-state index in [9.17, 15) is 0 Å². The summed E-state index contributed by atoms with van der Waals surface area (Å²) < 4.78 is 0. The molecule has 4 heteroatoms. The van der Waals surface area contributed by atoms with E-state index in [1.54, 1.807) is 6.33 Å². The van der Waals surface area contributed by atoms with Crippen molar-refractivity contribution in [3.8, 4) is 0 Å². The molecule has 0 radical (unpaired) electrons. The molecule has 0 aromatic carbocycles. The summed E-state index contributed by atoms with van der Waals surface area (Å²) in [4.78, 5) is 8.31. The van der Waals surface area contributed by atoms with Crippen molar-refractivity contribution in [2.45, 2.75) is 26.7 Å². The predicted molar refractivity (Wildman–Crippen MR) is 63.1 cm³/mol. The molecule has 0 atom stereocenters. The average Bonchev–Trinajstić information content (AvgIpc) is 2.29. The fraction of sp³-hybridized carbons (Fsp3) is 0.636. The Morgan fingerprint density at radius 2 is 2.07 bits per heavy atom. The van der Waals surface area contributed by atoms with E-state index in [1.807, 2.05) is 6.07 Å². The highest BCUT2D eigenvalue weighted by molar-refractivity contribution is 5.34. The van der Waals surface area contributed by atoms with Gasteiger partial charge in [0.1, 0.15) is 12.1 Å². The zero-order chi connectivity index (χ0) is 10.9. The molecular formula is C11H20N4. The minimum atomic E-state index is 0.929. The summed E-state index contributed by atoms with van der Waals surface area (Å²) in [5.74, 6) is 0.929. The van der Waals surface area contributed by atoms with Gasteiger partial charge in [0.15, 0.2) is 0 Å². The van der Waals surface area contributed by atoms with Crippen molar-refractivity contribution in [2.75, 3.05) is 25.0 Å². The van der Waals surface area contributed by atoms with Gasteiger partial charge in [0, 0.05) is 18.3 Å². The Balaban J connectivity index is 2.24. The molecule has 0 fully saturated rings. The summed E-state index contributed by atoms with van der Waals surface area (Å²) >= 11 is 0. The summed E-state index contributed by atoms with van der Waals surface area (Å²) in [6.45, 7) is 7.25. The van der Waals surface area contributed by atoms with E-state index in [0.29, 0.717) is 0 Å². The summed E-state index contributed by atoms with van der Waals surface area (Å²) in [5.41, 5.74) is 1.08. The van der Waals surface area contributed by atoms with E-state index < -0.39 is 0 Å². The lowest BCUT2D eigenvalue weighted by Gasteiger charge is -2.06. The number of hydrogen-bond acceptors (Lipinski definition) is 4. The number of aryl methyl sites for hydroxylation is 1. The van der Waals surface area contributed by atoms with E-state index in [1.165, 1.54) is 0 Å². The lowest BCUT2D eigenvalue weighted by Crippen LogP contribution is -2.17. The number of nitrogens with zero attached hydrogens (tertiary/aromatic N) is 2. The van der Waals surface area contributed by atoms with E-state index in [-0.39, 0.29) is 0 Å². The first-order chi connectivity index (χ1) is 7.36. The smallest absolute Gasteiger partial charge is 0.129 e. The molecule has 0 saturated heterocycles. The van der Waals surface area contributed by atoms with Crippen LogP contribution < -0.4 is 10.6 Å². The fourth-order valence-corrected chi connectivity index (χ4v) is 1.29. The lowest BCUT2D eigenvalue weighted by molar-refractivity contribution is 0.688. The van der Waals surface area contributed by atoms with Crippen LogP contribution in [0.15, 0.2) is 12.4 Å². The quantitative estimate of drug-likeness (QED) is 0.666. The maximum Gasteiger partial charge on any atom is 0.129 e. The highest BCUT2D eigenvalue weighted by Gasteiger charge is 1.95. The van der Waals surface area contributed by atoms with Crippen LogP contribution in [0.4, 0.5) is 5.82 Å². The zero-order valence-corrected chi connectivity index (χ0v) is 9.58. The van der Waals surface area contributed by atoms with Crippen molar-refractivity contribution in [2.24, 2.45) is 0 Å². The fourth-order valence-electron chi connectivity index (χ4n) is 1.29. The van der Waals surface area contributed by atoms with Crippen LogP contribution in [0, 0.1) is 0 Å². The molecule has 4 nitrogen and oxygen atoms in total. The minimum absolute atomic E-state index is 0.929. The van der Waals surface area contributed by atoms with Crippen LogP contribution in [-0.4, -0.2) is 29.6 Å². The van der Waals surface area contributed by atoms with Gasteiger partial charge in [-0.1, -0.05) is 13.8 Å². The number of rotatable bonds is 7. The SMILES string of the molecule is CCNCCCNc1cc(CC)ncn1. The lowest BCUT2D eigenvalue weighted by atomic mass is 10.3. The molecule has 1 aromatic heterocycles. The van der Waals surface area contributed by atoms with Gasteiger partial charge in [0.05, 0.1) is 0 Å². The molecular weight excluding hydrogens is 188 g/mol. The van der Waals surface area contributed by atoms with Gasteiger partial charge in [0.2, 0.25) is 0 Å². The molecule has 0 aliphatic rings. The maximum atomic E-state index is 4.16. The predicted octanol–water partition coefficient (Wildman–Crippen LogP) is 1.45. The van der Waals surface area contributed by atoms with Gasteiger partial charge >= 0.3 is 0 Å². The molecule has 0 saturated carbocycles. The number of aromatic nitrogens is 2. The third kappa shape index (κ3) is 4.74. The molecule has 1 rings (SSSR count). The first-order valence-electron chi connectivity index (χ1n) is 5.62. The van der Waals surface area contributed by atoms with Crippen molar-refractivity contribution in [3.63, 3.8) is 0 Å². The van der Waals surface area contributed by atoms with Crippen LogP contribution >= 0.6 is 0 Å². The van der Waals surface area contributed by atoms with E-state index in [0.717, 1.165) is 44.0 Å². The molecule has 2 N–H and O–H groups in total. The monoisotopic (exact) mass is 208 g/mol. The summed E-state index contributed by atoms with van der Waals surface area (Å²) in [6, 6.07) is 2.01. The summed E-state index contributed by atoms with van der Waals surface area (Å²) in [5, 5.41) is 6.57. The van der Waals surface area contributed by atoms with Gasteiger partial charge in [-0.25, -0.2) is 9.97 Å². The molecule has 0 unspecified atom stereocenters. The molecule has 0 bridgehead atoms. The Bertz CT molecular complexity index is 275. The van der Waals surface area contributed by atoms with E-state index in [2.05, 4.69) is 34.4 Å². The zero-order valence-electron chi connectivity index (χ0n) is 9.58. The third-order valence-electron chi connectivity index (χ3n) is 2.17. The second kappa shape index (κ2) is 7.17. The standard InChI is InChI=1S/C11H20N4/c1-3-10-8-11(15-9-14-10)13-7-5-6-12-4-2/h8-9,12H,3-7H2,1-2H3,(H,13,14,15). The van der Waals surface area contributed by atoms with Crippen molar-refractivity contribution in [1.29, 1.82) is 0 Å². The van der Waals surface area contributed by atoms with Crippen LogP contribution in [0.5, 0.6) is 0 Å². The Labute approximate surface area is 91.5 Å². The van der Waals surface area contributed by atoms with Gasteiger partial charge in [-0.3, -0.25) is 0 Å². The average molecular weight is 208 g/mol. The molecule has 0 aliphatic carbocycles. The highest BCUT2D eigenvalue weighted by atomic mass is 15.0. The third-order valence-corrected chi connectivity index (χ3v) is 2.17. The van der Waals surface area contributed by atoms with Gasteiger partial charge < -0.3 is 10.6 Å². The number of nitrogens with one attached hydrogen (secondary N) is 2. The first-order valence-corrected chi connectivity index (χ1v) is 5.62. The van der Waals surface area contributed by atoms with Gasteiger partial charge in [-0.15, -0.1) is 0 Å². The van der Waals surface area contributed by atoms with Crippen LogP contribution in [0.1, 0.15) is 26.0 Å². The number of hydrogen-bond donors (Lipinski definition) is 2. The second-order valence-electron chi connectivity index (χ2n) is 3.38. The Hall–Kier alpha value is -1.16. The Morgan fingerprint density at radius 3 is 2.80 bits per heavy atom. The van der Waals surface area contributed by atoms with Gasteiger partial charge in [0.25, 0.3) is 0 Å². The number of anilines is 1. The molecule has 1 aromatic rings. The molecule has 0 spiro atoms. The first kappa shape index (κ1) is 11.9. The molecule has 0 amide bonds. The van der Waals surface area contributed by atoms with Crippen molar-refractivity contribution in [1.82, 2.24) is 15.3 Å². The largest absolute Gasteiger partial charge is 0.370 e. The second-order valence-corrected chi connectivity index (χ2v) is 3.38. The highest BCUT2D eigenvalue weighted by Crippen LogP contribution is 2.03. The minimum Gasteiger partial charge on any atom is -0.370 e. The van der Waals surface area contributed by atoms with E-state index in [4.69, 9.17) is 0 Å². The van der Waals surface area contributed by atoms with Crippen molar-refractivity contribution >= 4 is 5.82 Å². The van der Waals surface area contributed by atoms with Gasteiger partial charge in [-0.2, -0.15) is 0 Å². The van der Waals surface area contributed by atoms with Crippen LogP contribution in [0.25, 0.3) is 0 Å². The molecule has 1 heterocycles. The summed E-state index contributed by atoms with van der Waals surface area (Å²) in [7, 11) is 0. The van der Waals surface area contributed by atoms with Crippen molar-refractivity contribution in [3.05, 3.63) is 18.1 Å². The van der Waals surface area contributed by atoms with Crippen molar-refractivity contribution < 1.29 is 0 Å². The maximum absolute atomic E-state index is 4.16. The topological polar surface area (TPSA) is 49.8 Å². The normalized spacial score (nSPS) is 10.3. The Kier molecular flexibility index (Phi) is 5.70. The molecule has 15 heavy (non-hydrogen) atoms. The Morgan fingerprint density at radius 1 is 1.20 bits per heavy atom.